The summed E-state index contributed by atoms with van der Waals surface area (Å²) in [5, 5.41) is 3.87. The average molecular weight is 239 g/mol. The monoisotopic (exact) mass is 239 g/mol. The molecule has 1 heterocycles. The summed E-state index contributed by atoms with van der Waals surface area (Å²) in [6.45, 7) is 7.84. The van der Waals surface area contributed by atoms with E-state index in [1.54, 1.807) is 18.9 Å². The van der Waals surface area contributed by atoms with Crippen LogP contribution in [-0.4, -0.2) is 28.6 Å². The number of hydrogen-bond acceptors (Lipinski definition) is 4. The van der Waals surface area contributed by atoms with Crippen LogP contribution in [0.4, 0.5) is 0 Å². The van der Waals surface area contributed by atoms with E-state index in [4.69, 9.17) is 10.3 Å². The van der Waals surface area contributed by atoms with E-state index in [0.717, 1.165) is 17.0 Å². The standard InChI is InChI=1S/C12H21N3O2/c1-6-12(4,13)11(16)15(5)7-10-8(2)14-17-9(10)3/h6-7,13H2,1-5H3. The van der Waals surface area contributed by atoms with Gasteiger partial charge in [-0.25, -0.2) is 0 Å². The zero-order valence-corrected chi connectivity index (χ0v) is 11.2. The Morgan fingerprint density at radius 1 is 1.53 bits per heavy atom. The fourth-order valence-corrected chi connectivity index (χ4v) is 1.62. The van der Waals surface area contributed by atoms with E-state index in [0.29, 0.717) is 13.0 Å². The van der Waals surface area contributed by atoms with Gasteiger partial charge in [-0.3, -0.25) is 4.79 Å². The maximum Gasteiger partial charge on any atom is 0.242 e. The number of hydrogen-bond donors (Lipinski definition) is 1. The average Bonchev–Trinajstić information content (AvgIpc) is 2.59. The van der Waals surface area contributed by atoms with Crippen LogP contribution in [0.25, 0.3) is 0 Å². The maximum atomic E-state index is 12.1. The van der Waals surface area contributed by atoms with E-state index in [9.17, 15) is 4.79 Å². The van der Waals surface area contributed by atoms with E-state index >= 15 is 0 Å². The van der Waals surface area contributed by atoms with E-state index in [1.165, 1.54) is 0 Å². The van der Waals surface area contributed by atoms with E-state index < -0.39 is 5.54 Å². The van der Waals surface area contributed by atoms with Gasteiger partial charge >= 0.3 is 0 Å². The first-order chi connectivity index (χ1) is 7.79. The Balaban J connectivity index is 2.80. The predicted molar refractivity (Wildman–Crippen MR) is 65.3 cm³/mol. The van der Waals surface area contributed by atoms with Crippen molar-refractivity contribution in [3.05, 3.63) is 17.0 Å². The van der Waals surface area contributed by atoms with Gasteiger partial charge in [-0.15, -0.1) is 0 Å². The molecule has 0 radical (unpaired) electrons. The number of likely N-dealkylation sites (N-methyl/N-ethyl adjacent to an activating group) is 1. The van der Waals surface area contributed by atoms with Gasteiger partial charge in [0.05, 0.1) is 17.8 Å². The summed E-state index contributed by atoms with van der Waals surface area (Å²) in [7, 11) is 1.75. The Labute approximate surface area is 102 Å². The molecule has 2 N–H and O–H groups in total. The first kappa shape index (κ1) is 13.7. The van der Waals surface area contributed by atoms with Gasteiger partial charge in [0.2, 0.25) is 5.91 Å². The molecule has 1 aromatic heterocycles. The highest BCUT2D eigenvalue weighted by atomic mass is 16.5. The van der Waals surface area contributed by atoms with Crippen molar-refractivity contribution in [2.45, 2.75) is 46.2 Å². The Bertz CT molecular complexity index is 390. The van der Waals surface area contributed by atoms with Gasteiger partial charge in [-0.1, -0.05) is 12.1 Å². The van der Waals surface area contributed by atoms with Crippen molar-refractivity contribution in [3.8, 4) is 0 Å². The zero-order valence-electron chi connectivity index (χ0n) is 11.2. The lowest BCUT2D eigenvalue weighted by atomic mass is 9.98. The normalized spacial score (nSPS) is 14.5. The van der Waals surface area contributed by atoms with Crippen molar-refractivity contribution in [2.75, 3.05) is 7.05 Å². The van der Waals surface area contributed by atoms with E-state index in [-0.39, 0.29) is 5.91 Å². The van der Waals surface area contributed by atoms with Crippen LogP contribution in [-0.2, 0) is 11.3 Å². The van der Waals surface area contributed by atoms with Crippen LogP contribution in [0.2, 0.25) is 0 Å². The lowest BCUT2D eigenvalue weighted by Gasteiger charge is -2.28. The molecule has 1 aromatic rings. The zero-order chi connectivity index (χ0) is 13.2. The van der Waals surface area contributed by atoms with Crippen LogP contribution >= 0.6 is 0 Å². The summed E-state index contributed by atoms with van der Waals surface area (Å²) in [5.41, 5.74) is 6.89. The number of carbonyl (C=O) groups excluding carboxylic acids is 1. The Morgan fingerprint density at radius 3 is 2.53 bits per heavy atom. The van der Waals surface area contributed by atoms with Crippen molar-refractivity contribution in [1.29, 1.82) is 0 Å². The molecule has 1 atom stereocenters. The second-order valence-electron chi connectivity index (χ2n) is 4.73. The molecule has 0 spiro atoms. The first-order valence-corrected chi connectivity index (χ1v) is 5.75. The van der Waals surface area contributed by atoms with Gasteiger partial charge in [0.25, 0.3) is 0 Å². The molecule has 5 nitrogen and oxygen atoms in total. The van der Waals surface area contributed by atoms with Crippen LogP contribution in [0.3, 0.4) is 0 Å². The van der Waals surface area contributed by atoms with Gasteiger partial charge in [0.15, 0.2) is 0 Å². The number of aromatic nitrogens is 1. The van der Waals surface area contributed by atoms with Crippen molar-refractivity contribution in [1.82, 2.24) is 10.1 Å². The summed E-state index contributed by atoms with van der Waals surface area (Å²) in [6.07, 6.45) is 0.609. The molecule has 1 amide bonds. The van der Waals surface area contributed by atoms with Crippen molar-refractivity contribution >= 4 is 5.91 Å². The molecular weight excluding hydrogens is 218 g/mol. The third kappa shape index (κ3) is 2.85. The van der Waals surface area contributed by atoms with E-state index in [2.05, 4.69) is 5.16 Å². The minimum Gasteiger partial charge on any atom is -0.361 e. The van der Waals surface area contributed by atoms with Gasteiger partial charge < -0.3 is 15.2 Å². The van der Waals surface area contributed by atoms with Crippen molar-refractivity contribution in [2.24, 2.45) is 5.73 Å². The number of nitrogens with zero attached hydrogens (tertiary/aromatic N) is 2. The van der Waals surface area contributed by atoms with Gasteiger partial charge in [-0.05, 0) is 27.2 Å². The molecular formula is C12H21N3O2. The lowest BCUT2D eigenvalue weighted by molar-refractivity contribution is -0.135. The summed E-state index contributed by atoms with van der Waals surface area (Å²) < 4.78 is 5.07. The third-order valence-corrected chi connectivity index (χ3v) is 3.15. The lowest BCUT2D eigenvalue weighted by Crippen LogP contribution is -2.51. The quantitative estimate of drug-likeness (QED) is 0.861. The third-order valence-electron chi connectivity index (χ3n) is 3.15. The summed E-state index contributed by atoms with van der Waals surface area (Å²) in [5.74, 6) is 0.678. The summed E-state index contributed by atoms with van der Waals surface area (Å²) in [6, 6.07) is 0. The molecule has 0 bridgehead atoms. The van der Waals surface area contributed by atoms with Crippen LogP contribution in [0.1, 0.15) is 37.3 Å². The topological polar surface area (TPSA) is 72.4 Å². The molecule has 5 heteroatoms. The van der Waals surface area contributed by atoms with Crippen molar-refractivity contribution < 1.29 is 9.32 Å². The number of nitrogens with two attached hydrogens (primary N) is 1. The fourth-order valence-electron chi connectivity index (χ4n) is 1.62. The smallest absolute Gasteiger partial charge is 0.242 e. The minimum atomic E-state index is -0.812. The molecule has 1 unspecified atom stereocenters. The second-order valence-corrected chi connectivity index (χ2v) is 4.73. The molecule has 1 rings (SSSR count). The van der Waals surface area contributed by atoms with Gasteiger partial charge in [0.1, 0.15) is 5.76 Å². The number of amides is 1. The van der Waals surface area contributed by atoms with Gasteiger partial charge in [0, 0.05) is 12.6 Å². The Hall–Kier alpha value is -1.36. The summed E-state index contributed by atoms with van der Waals surface area (Å²) in [4.78, 5) is 13.7. The molecule has 0 aromatic carbocycles. The van der Waals surface area contributed by atoms with E-state index in [1.807, 2.05) is 20.8 Å². The molecule has 0 aliphatic rings. The molecule has 0 aliphatic carbocycles. The number of aryl methyl sites for hydroxylation is 2. The molecule has 96 valence electrons. The fraction of sp³-hybridized carbons (Fsp3) is 0.667. The highest BCUT2D eigenvalue weighted by molar-refractivity contribution is 5.85. The highest BCUT2D eigenvalue weighted by Gasteiger charge is 2.29. The molecule has 17 heavy (non-hydrogen) atoms. The van der Waals surface area contributed by atoms with Crippen molar-refractivity contribution in [3.63, 3.8) is 0 Å². The largest absolute Gasteiger partial charge is 0.361 e. The van der Waals surface area contributed by atoms with Gasteiger partial charge in [-0.2, -0.15) is 0 Å². The number of carbonyl (C=O) groups is 1. The number of rotatable bonds is 4. The SMILES string of the molecule is CCC(C)(N)C(=O)N(C)Cc1c(C)noc1C. The summed E-state index contributed by atoms with van der Waals surface area (Å²) >= 11 is 0. The van der Waals surface area contributed by atoms with Crippen LogP contribution in [0.15, 0.2) is 4.52 Å². The Morgan fingerprint density at radius 2 is 2.12 bits per heavy atom. The first-order valence-electron chi connectivity index (χ1n) is 5.75. The predicted octanol–water partition coefficient (Wildman–Crippen LogP) is 1.38. The molecule has 0 fully saturated rings. The molecule has 0 saturated heterocycles. The maximum absolute atomic E-state index is 12.1. The second kappa shape index (κ2) is 4.87. The van der Waals surface area contributed by atoms with Crippen LogP contribution in [0.5, 0.6) is 0 Å². The van der Waals surface area contributed by atoms with Crippen LogP contribution < -0.4 is 5.73 Å². The minimum absolute atomic E-state index is 0.0694. The highest BCUT2D eigenvalue weighted by Crippen LogP contribution is 2.16. The Kier molecular flexibility index (Phi) is 3.93. The molecule has 0 aliphatic heterocycles. The van der Waals surface area contributed by atoms with Crippen LogP contribution in [0, 0.1) is 13.8 Å². The molecule has 0 saturated carbocycles.